The number of rotatable bonds is 3. The molecule has 0 bridgehead atoms. The SMILES string of the molecule is CCc1nn(-c2ccc(C#N)c(Br)c2)c(CC)c1N. The van der Waals surface area contributed by atoms with E-state index in [1.54, 1.807) is 6.07 Å². The molecule has 0 radical (unpaired) electrons. The Morgan fingerprint density at radius 2 is 2.11 bits per heavy atom. The van der Waals surface area contributed by atoms with Crippen LogP contribution >= 0.6 is 15.9 Å². The Morgan fingerprint density at radius 3 is 2.63 bits per heavy atom. The monoisotopic (exact) mass is 318 g/mol. The number of aryl methyl sites for hydroxylation is 1. The molecule has 1 aromatic heterocycles. The molecule has 1 aromatic carbocycles. The minimum absolute atomic E-state index is 0.609. The zero-order valence-corrected chi connectivity index (χ0v) is 12.5. The average molecular weight is 319 g/mol. The molecule has 0 aliphatic carbocycles. The highest BCUT2D eigenvalue weighted by Crippen LogP contribution is 2.25. The van der Waals surface area contributed by atoms with Crippen molar-refractivity contribution >= 4 is 21.6 Å². The Bertz CT molecular complexity index is 652. The lowest BCUT2D eigenvalue weighted by atomic mass is 10.2. The molecule has 4 nitrogen and oxygen atoms in total. The van der Waals surface area contributed by atoms with Crippen LogP contribution in [0.15, 0.2) is 22.7 Å². The number of nitriles is 1. The van der Waals surface area contributed by atoms with E-state index < -0.39 is 0 Å². The highest BCUT2D eigenvalue weighted by Gasteiger charge is 2.14. The quantitative estimate of drug-likeness (QED) is 0.944. The molecule has 98 valence electrons. The van der Waals surface area contributed by atoms with Crippen LogP contribution in [0.25, 0.3) is 5.69 Å². The number of anilines is 1. The van der Waals surface area contributed by atoms with E-state index in [0.717, 1.165) is 40.1 Å². The molecule has 2 rings (SSSR count). The van der Waals surface area contributed by atoms with E-state index in [-0.39, 0.29) is 0 Å². The van der Waals surface area contributed by atoms with Gasteiger partial charge in [-0.3, -0.25) is 0 Å². The fraction of sp³-hybridized carbons (Fsp3) is 0.286. The number of hydrogen-bond acceptors (Lipinski definition) is 3. The second kappa shape index (κ2) is 5.45. The van der Waals surface area contributed by atoms with Gasteiger partial charge in [0.2, 0.25) is 0 Å². The second-order valence-electron chi connectivity index (χ2n) is 4.20. The minimum atomic E-state index is 0.609. The van der Waals surface area contributed by atoms with Crippen molar-refractivity contribution in [3.8, 4) is 11.8 Å². The van der Waals surface area contributed by atoms with Crippen molar-refractivity contribution in [2.45, 2.75) is 26.7 Å². The van der Waals surface area contributed by atoms with Crippen LogP contribution in [0.5, 0.6) is 0 Å². The topological polar surface area (TPSA) is 67.6 Å². The zero-order chi connectivity index (χ0) is 14.0. The van der Waals surface area contributed by atoms with E-state index in [0.29, 0.717) is 5.56 Å². The Labute approximate surface area is 121 Å². The van der Waals surface area contributed by atoms with Crippen LogP contribution in [0.3, 0.4) is 0 Å². The fourth-order valence-corrected chi connectivity index (χ4v) is 2.51. The molecule has 0 aliphatic heterocycles. The van der Waals surface area contributed by atoms with Crippen molar-refractivity contribution in [3.63, 3.8) is 0 Å². The van der Waals surface area contributed by atoms with Crippen LogP contribution in [0.4, 0.5) is 5.69 Å². The molecule has 0 fully saturated rings. The van der Waals surface area contributed by atoms with Crippen molar-refractivity contribution in [2.75, 3.05) is 5.73 Å². The van der Waals surface area contributed by atoms with Crippen molar-refractivity contribution in [3.05, 3.63) is 39.6 Å². The van der Waals surface area contributed by atoms with Crippen molar-refractivity contribution in [1.82, 2.24) is 9.78 Å². The van der Waals surface area contributed by atoms with Gasteiger partial charge >= 0.3 is 0 Å². The minimum Gasteiger partial charge on any atom is -0.396 e. The lowest BCUT2D eigenvalue weighted by Crippen LogP contribution is -2.03. The molecule has 0 unspecified atom stereocenters. The maximum atomic E-state index is 8.94. The highest BCUT2D eigenvalue weighted by molar-refractivity contribution is 9.10. The van der Waals surface area contributed by atoms with Crippen molar-refractivity contribution in [2.24, 2.45) is 0 Å². The van der Waals surface area contributed by atoms with Crippen molar-refractivity contribution in [1.29, 1.82) is 5.26 Å². The summed E-state index contributed by atoms with van der Waals surface area (Å²) in [4.78, 5) is 0. The summed E-state index contributed by atoms with van der Waals surface area (Å²) in [6.07, 6.45) is 1.62. The molecule has 0 atom stereocenters. The summed E-state index contributed by atoms with van der Waals surface area (Å²) in [5, 5.41) is 13.5. The van der Waals surface area contributed by atoms with Gasteiger partial charge in [-0.15, -0.1) is 0 Å². The third-order valence-corrected chi connectivity index (χ3v) is 3.74. The predicted molar refractivity (Wildman–Crippen MR) is 79.1 cm³/mol. The highest BCUT2D eigenvalue weighted by atomic mass is 79.9. The summed E-state index contributed by atoms with van der Waals surface area (Å²) in [6.45, 7) is 4.10. The van der Waals surface area contributed by atoms with Crippen LogP contribution in [-0.4, -0.2) is 9.78 Å². The number of hydrogen-bond donors (Lipinski definition) is 1. The molecule has 19 heavy (non-hydrogen) atoms. The first kappa shape index (κ1) is 13.6. The van der Waals surface area contributed by atoms with Gasteiger partial charge in [0.15, 0.2) is 0 Å². The Hall–Kier alpha value is -1.80. The number of nitrogen functional groups attached to an aromatic ring is 1. The summed E-state index contributed by atoms with van der Waals surface area (Å²) >= 11 is 3.40. The zero-order valence-electron chi connectivity index (χ0n) is 10.9. The number of aromatic nitrogens is 2. The molecule has 0 spiro atoms. The Morgan fingerprint density at radius 1 is 1.37 bits per heavy atom. The van der Waals surface area contributed by atoms with Crippen LogP contribution in [0.2, 0.25) is 0 Å². The summed E-state index contributed by atoms with van der Waals surface area (Å²) in [6, 6.07) is 7.68. The van der Waals surface area contributed by atoms with E-state index in [2.05, 4.69) is 34.0 Å². The van der Waals surface area contributed by atoms with Gasteiger partial charge in [-0.25, -0.2) is 4.68 Å². The standard InChI is InChI=1S/C14H15BrN4/c1-3-12-14(17)13(4-2)19(18-12)10-6-5-9(8-16)11(15)7-10/h5-7H,3-4,17H2,1-2H3. The van der Waals surface area contributed by atoms with Gasteiger partial charge in [-0.1, -0.05) is 13.8 Å². The molecular weight excluding hydrogens is 304 g/mol. The normalized spacial score (nSPS) is 10.4. The molecule has 0 aliphatic rings. The lowest BCUT2D eigenvalue weighted by Gasteiger charge is -2.07. The first-order valence-corrected chi connectivity index (χ1v) is 6.97. The van der Waals surface area contributed by atoms with E-state index in [1.807, 2.05) is 23.7 Å². The van der Waals surface area contributed by atoms with Crippen molar-refractivity contribution < 1.29 is 0 Å². The van der Waals surface area contributed by atoms with Gasteiger partial charge in [-0.05, 0) is 47.0 Å². The maximum Gasteiger partial charge on any atom is 0.100 e. The molecule has 2 N–H and O–H groups in total. The van der Waals surface area contributed by atoms with E-state index in [4.69, 9.17) is 11.0 Å². The fourth-order valence-electron chi connectivity index (χ4n) is 2.06. The molecule has 2 aromatic rings. The van der Waals surface area contributed by atoms with Gasteiger partial charge in [0.25, 0.3) is 0 Å². The summed E-state index contributed by atoms with van der Waals surface area (Å²) in [5.41, 5.74) is 10.3. The van der Waals surface area contributed by atoms with Crippen LogP contribution in [-0.2, 0) is 12.8 Å². The van der Waals surface area contributed by atoms with E-state index in [1.165, 1.54) is 0 Å². The predicted octanol–water partition coefficient (Wildman–Crippen LogP) is 3.21. The van der Waals surface area contributed by atoms with E-state index >= 15 is 0 Å². The van der Waals surface area contributed by atoms with Crippen LogP contribution in [0, 0.1) is 11.3 Å². The van der Waals surface area contributed by atoms with Gasteiger partial charge in [0.1, 0.15) is 6.07 Å². The first-order chi connectivity index (χ1) is 9.12. The van der Waals surface area contributed by atoms with Gasteiger partial charge < -0.3 is 5.73 Å². The largest absolute Gasteiger partial charge is 0.396 e. The average Bonchev–Trinajstić information content (AvgIpc) is 2.74. The molecule has 0 saturated carbocycles. The summed E-state index contributed by atoms with van der Waals surface area (Å²) in [7, 11) is 0. The third-order valence-electron chi connectivity index (χ3n) is 3.09. The first-order valence-electron chi connectivity index (χ1n) is 6.18. The van der Waals surface area contributed by atoms with E-state index in [9.17, 15) is 0 Å². The summed E-state index contributed by atoms with van der Waals surface area (Å²) < 4.78 is 2.63. The Balaban J connectivity index is 2.59. The number of halogens is 1. The van der Waals surface area contributed by atoms with Crippen LogP contribution in [0.1, 0.15) is 30.8 Å². The third kappa shape index (κ3) is 2.36. The lowest BCUT2D eigenvalue weighted by molar-refractivity contribution is 0.794. The molecule has 0 saturated heterocycles. The molecule has 0 amide bonds. The van der Waals surface area contributed by atoms with Gasteiger partial charge in [-0.2, -0.15) is 10.4 Å². The number of nitrogens with two attached hydrogens (primary N) is 1. The Kier molecular flexibility index (Phi) is 3.91. The number of benzene rings is 1. The number of nitrogens with zero attached hydrogens (tertiary/aromatic N) is 3. The van der Waals surface area contributed by atoms with Crippen LogP contribution < -0.4 is 5.73 Å². The smallest absolute Gasteiger partial charge is 0.100 e. The summed E-state index contributed by atoms with van der Waals surface area (Å²) in [5.74, 6) is 0. The van der Waals surface area contributed by atoms with Gasteiger partial charge in [0.05, 0.1) is 28.3 Å². The molecular formula is C14H15BrN4. The molecule has 5 heteroatoms. The van der Waals surface area contributed by atoms with Gasteiger partial charge in [0, 0.05) is 4.47 Å². The maximum absolute atomic E-state index is 8.94. The molecule has 1 heterocycles. The second-order valence-corrected chi connectivity index (χ2v) is 5.06.